The fraction of sp³-hybridized carbons (Fsp3) is 0.947. The summed E-state index contributed by atoms with van der Waals surface area (Å²) in [5.41, 5.74) is 0. The molecule has 0 radical (unpaired) electrons. The number of guanidine groups is 1. The summed E-state index contributed by atoms with van der Waals surface area (Å²) in [4.78, 5) is 4.80. The molecule has 3 rings (SSSR count). The molecule has 3 fully saturated rings. The third-order valence-corrected chi connectivity index (χ3v) is 8.31. The molecule has 1 aliphatic heterocycles. The normalized spacial score (nSPS) is 36.5. The molecule has 2 aliphatic carbocycles. The van der Waals surface area contributed by atoms with Crippen LogP contribution in [0.4, 0.5) is 0 Å². The van der Waals surface area contributed by atoms with E-state index in [0.717, 1.165) is 24.2 Å². The van der Waals surface area contributed by atoms with Gasteiger partial charge in [0.2, 0.25) is 0 Å². The molecule has 0 aromatic carbocycles. The molecule has 2 saturated carbocycles. The first kappa shape index (κ1) is 19.0. The summed E-state index contributed by atoms with van der Waals surface area (Å²) in [7, 11) is -2.82. The topological polar surface area (TPSA) is 70.6 Å². The quantitative estimate of drug-likeness (QED) is 0.590. The van der Waals surface area contributed by atoms with Crippen molar-refractivity contribution in [2.24, 2.45) is 22.7 Å². The minimum atomic E-state index is -2.82. The van der Waals surface area contributed by atoms with Crippen LogP contribution in [0.25, 0.3) is 0 Å². The number of nitrogens with zero attached hydrogens (tertiary/aromatic N) is 1. The SMILES string of the molecule is CC1CCC(NC(=NCC2CCS(=O)(=O)C2)NC2CCCC2)CC1C. The van der Waals surface area contributed by atoms with Crippen LogP contribution < -0.4 is 10.6 Å². The second kappa shape index (κ2) is 8.28. The van der Waals surface area contributed by atoms with Crippen molar-refractivity contribution in [1.29, 1.82) is 0 Å². The Bertz CT molecular complexity index is 569. The summed E-state index contributed by atoms with van der Waals surface area (Å²) in [5, 5.41) is 7.29. The Kier molecular flexibility index (Phi) is 6.29. The molecule has 0 aromatic rings. The van der Waals surface area contributed by atoms with Crippen molar-refractivity contribution in [1.82, 2.24) is 10.6 Å². The number of sulfone groups is 1. The second-order valence-corrected chi connectivity index (χ2v) is 10.9. The van der Waals surface area contributed by atoms with E-state index >= 15 is 0 Å². The fourth-order valence-corrected chi connectivity index (χ4v) is 6.35. The summed E-state index contributed by atoms with van der Waals surface area (Å²) < 4.78 is 23.3. The van der Waals surface area contributed by atoms with Crippen molar-refractivity contribution in [3.8, 4) is 0 Å². The lowest BCUT2D eigenvalue weighted by molar-refractivity contribution is 0.239. The molecule has 3 aliphatic rings. The molecule has 1 saturated heterocycles. The molecule has 4 unspecified atom stereocenters. The standard InChI is InChI=1S/C19H35N3O2S/c1-14-7-8-18(11-15(14)2)22-19(21-17-5-3-4-6-17)20-12-16-9-10-25(23,24)13-16/h14-18H,3-13H2,1-2H3,(H2,20,21,22). The average Bonchev–Trinajstić information content (AvgIpc) is 3.18. The Morgan fingerprint density at radius 2 is 1.68 bits per heavy atom. The van der Waals surface area contributed by atoms with Gasteiger partial charge in [0, 0.05) is 18.6 Å². The number of rotatable bonds is 4. The Labute approximate surface area is 153 Å². The van der Waals surface area contributed by atoms with Crippen molar-refractivity contribution in [2.75, 3.05) is 18.1 Å². The van der Waals surface area contributed by atoms with Crippen LogP contribution >= 0.6 is 0 Å². The third kappa shape index (κ3) is 5.60. The third-order valence-electron chi connectivity index (χ3n) is 6.47. The number of aliphatic imine (C=N–C) groups is 1. The molecule has 0 bridgehead atoms. The predicted octanol–water partition coefficient (Wildman–Crippen LogP) is 2.72. The average molecular weight is 370 g/mol. The summed E-state index contributed by atoms with van der Waals surface area (Å²) >= 11 is 0. The molecule has 0 spiro atoms. The van der Waals surface area contributed by atoms with Crippen molar-refractivity contribution >= 4 is 15.8 Å². The highest BCUT2D eigenvalue weighted by atomic mass is 32.2. The van der Waals surface area contributed by atoms with Crippen LogP contribution in [0, 0.1) is 17.8 Å². The second-order valence-electron chi connectivity index (χ2n) is 8.69. The lowest BCUT2D eigenvalue weighted by Gasteiger charge is -2.34. The zero-order valence-corrected chi connectivity index (χ0v) is 16.7. The van der Waals surface area contributed by atoms with Gasteiger partial charge in [-0.05, 0) is 56.3 Å². The molecular formula is C19H35N3O2S. The molecule has 0 amide bonds. The molecule has 0 aromatic heterocycles. The van der Waals surface area contributed by atoms with Crippen LogP contribution in [0.1, 0.15) is 65.2 Å². The zero-order chi connectivity index (χ0) is 17.9. The van der Waals surface area contributed by atoms with E-state index in [9.17, 15) is 8.42 Å². The highest BCUT2D eigenvalue weighted by Gasteiger charge is 2.29. The Hall–Kier alpha value is -0.780. The van der Waals surface area contributed by atoms with Crippen molar-refractivity contribution in [2.45, 2.75) is 77.3 Å². The van der Waals surface area contributed by atoms with Crippen LogP contribution in [0.3, 0.4) is 0 Å². The maximum absolute atomic E-state index is 11.7. The molecule has 144 valence electrons. The van der Waals surface area contributed by atoms with E-state index in [1.54, 1.807) is 0 Å². The molecule has 1 heterocycles. The van der Waals surface area contributed by atoms with Crippen LogP contribution in [0.5, 0.6) is 0 Å². The van der Waals surface area contributed by atoms with E-state index in [1.807, 2.05) is 0 Å². The summed E-state index contributed by atoms with van der Waals surface area (Å²) in [6, 6.07) is 1.02. The number of hydrogen-bond donors (Lipinski definition) is 2. The lowest BCUT2D eigenvalue weighted by Crippen LogP contribution is -2.48. The van der Waals surface area contributed by atoms with Crippen LogP contribution in [0.15, 0.2) is 4.99 Å². The van der Waals surface area contributed by atoms with E-state index in [4.69, 9.17) is 4.99 Å². The highest BCUT2D eigenvalue weighted by Crippen LogP contribution is 2.29. The van der Waals surface area contributed by atoms with Gasteiger partial charge in [0.1, 0.15) is 0 Å². The van der Waals surface area contributed by atoms with Crippen molar-refractivity contribution in [3.63, 3.8) is 0 Å². The minimum absolute atomic E-state index is 0.192. The summed E-state index contributed by atoms with van der Waals surface area (Å²) in [5.74, 6) is 3.32. The van der Waals surface area contributed by atoms with Crippen LogP contribution in [-0.4, -0.2) is 44.5 Å². The van der Waals surface area contributed by atoms with Gasteiger partial charge in [0.25, 0.3) is 0 Å². The van der Waals surface area contributed by atoms with Gasteiger partial charge in [0.15, 0.2) is 15.8 Å². The summed E-state index contributed by atoms with van der Waals surface area (Å²) in [6.45, 7) is 5.33. The van der Waals surface area contributed by atoms with Crippen molar-refractivity contribution in [3.05, 3.63) is 0 Å². The summed E-state index contributed by atoms with van der Waals surface area (Å²) in [6.07, 6.45) is 9.47. The monoisotopic (exact) mass is 369 g/mol. The van der Waals surface area contributed by atoms with Gasteiger partial charge in [-0.25, -0.2) is 8.42 Å². The van der Waals surface area contributed by atoms with E-state index in [-0.39, 0.29) is 5.92 Å². The lowest BCUT2D eigenvalue weighted by atomic mass is 9.79. The first-order chi connectivity index (χ1) is 11.9. The van der Waals surface area contributed by atoms with E-state index in [1.165, 1.54) is 44.9 Å². The van der Waals surface area contributed by atoms with Crippen LogP contribution in [0.2, 0.25) is 0 Å². The highest BCUT2D eigenvalue weighted by molar-refractivity contribution is 7.91. The van der Waals surface area contributed by atoms with Gasteiger partial charge >= 0.3 is 0 Å². The predicted molar refractivity (Wildman–Crippen MR) is 104 cm³/mol. The zero-order valence-electron chi connectivity index (χ0n) is 15.8. The van der Waals surface area contributed by atoms with Crippen LogP contribution in [-0.2, 0) is 9.84 Å². The molecule has 25 heavy (non-hydrogen) atoms. The fourth-order valence-electron chi connectivity index (χ4n) is 4.50. The molecule has 2 N–H and O–H groups in total. The Morgan fingerprint density at radius 1 is 0.960 bits per heavy atom. The number of nitrogens with one attached hydrogen (secondary N) is 2. The van der Waals surface area contributed by atoms with Gasteiger partial charge in [-0.1, -0.05) is 26.7 Å². The van der Waals surface area contributed by atoms with Gasteiger partial charge in [-0.15, -0.1) is 0 Å². The number of hydrogen-bond acceptors (Lipinski definition) is 3. The van der Waals surface area contributed by atoms with Gasteiger partial charge in [0.05, 0.1) is 11.5 Å². The minimum Gasteiger partial charge on any atom is -0.354 e. The molecular weight excluding hydrogens is 334 g/mol. The van der Waals surface area contributed by atoms with Crippen molar-refractivity contribution < 1.29 is 8.42 Å². The first-order valence-corrected chi connectivity index (χ1v) is 12.0. The smallest absolute Gasteiger partial charge is 0.191 e. The molecule has 5 nitrogen and oxygen atoms in total. The van der Waals surface area contributed by atoms with E-state index < -0.39 is 9.84 Å². The largest absolute Gasteiger partial charge is 0.354 e. The van der Waals surface area contributed by atoms with E-state index in [2.05, 4.69) is 24.5 Å². The first-order valence-electron chi connectivity index (χ1n) is 10.2. The molecule has 4 atom stereocenters. The van der Waals surface area contributed by atoms with E-state index in [0.29, 0.717) is 30.1 Å². The molecule has 6 heteroatoms. The van der Waals surface area contributed by atoms with Gasteiger partial charge in [-0.2, -0.15) is 0 Å². The Balaban J connectivity index is 1.59. The van der Waals surface area contributed by atoms with Gasteiger partial charge in [-0.3, -0.25) is 4.99 Å². The Morgan fingerprint density at radius 3 is 2.32 bits per heavy atom. The maximum Gasteiger partial charge on any atom is 0.191 e. The maximum atomic E-state index is 11.7. The van der Waals surface area contributed by atoms with Gasteiger partial charge < -0.3 is 10.6 Å².